The van der Waals surface area contributed by atoms with Crippen molar-refractivity contribution in [1.29, 1.82) is 0 Å². The Hall–Kier alpha value is -0.514. The van der Waals surface area contributed by atoms with Crippen LogP contribution in [0.1, 0.15) is 11.1 Å². The van der Waals surface area contributed by atoms with Gasteiger partial charge in [0.05, 0.1) is 22.7 Å². The molecule has 100 valence electrons. The number of rotatable bonds is 3. The number of aliphatic carboxylic acids is 1. The summed E-state index contributed by atoms with van der Waals surface area (Å²) >= 11 is 1.34. The molecule has 20 heavy (non-hydrogen) atoms. The summed E-state index contributed by atoms with van der Waals surface area (Å²) in [5, 5.41) is 15.3. The average molecular weight is 317 g/mol. The van der Waals surface area contributed by atoms with Crippen LogP contribution in [-0.4, -0.2) is 23.5 Å². The third-order valence-electron chi connectivity index (χ3n) is 2.62. The maximum absolute atomic E-state index is 11.4. The van der Waals surface area contributed by atoms with Gasteiger partial charge in [0.2, 0.25) is 0 Å². The molecule has 2 N–H and O–H groups in total. The SMILES string of the molecule is Cc1cc2nc(NC(=O)NCC(=O)[O-])sc2cc1C.[K+]. The Morgan fingerprint density at radius 1 is 1.30 bits per heavy atom. The zero-order chi connectivity index (χ0) is 14.0. The van der Waals surface area contributed by atoms with Crippen molar-refractivity contribution in [1.82, 2.24) is 10.3 Å². The van der Waals surface area contributed by atoms with E-state index in [0.29, 0.717) is 5.13 Å². The average Bonchev–Trinajstić information content (AvgIpc) is 2.68. The van der Waals surface area contributed by atoms with Gasteiger partial charge in [-0.3, -0.25) is 5.32 Å². The quantitative estimate of drug-likeness (QED) is 0.628. The van der Waals surface area contributed by atoms with E-state index in [1.165, 1.54) is 11.3 Å². The summed E-state index contributed by atoms with van der Waals surface area (Å²) in [5.41, 5.74) is 3.10. The molecule has 0 spiro atoms. The molecule has 8 heteroatoms. The molecule has 0 saturated heterocycles. The number of carbonyl (C=O) groups excluding carboxylic acids is 2. The number of amides is 2. The number of hydrogen-bond acceptors (Lipinski definition) is 5. The van der Waals surface area contributed by atoms with Gasteiger partial charge in [-0.2, -0.15) is 0 Å². The van der Waals surface area contributed by atoms with Crippen LogP contribution in [0.3, 0.4) is 0 Å². The molecule has 1 heterocycles. The van der Waals surface area contributed by atoms with Gasteiger partial charge in [0.1, 0.15) is 0 Å². The molecule has 0 saturated carbocycles. The summed E-state index contributed by atoms with van der Waals surface area (Å²) in [7, 11) is 0. The summed E-state index contributed by atoms with van der Waals surface area (Å²) in [6.07, 6.45) is 0. The van der Waals surface area contributed by atoms with Gasteiger partial charge in [-0.25, -0.2) is 9.78 Å². The predicted molar refractivity (Wildman–Crippen MR) is 71.1 cm³/mol. The van der Waals surface area contributed by atoms with Crippen molar-refractivity contribution in [2.45, 2.75) is 13.8 Å². The van der Waals surface area contributed by atoms with Gasteiger partial charge in [-0.1, -0.05) is 11.3 Å². The van der Waals surface area contributed by atoms with Gasteiger partial charge in [-0.15, -0.1) is 0 Å². The van der Waals surface area contributed by atoms with E-state index in [1.807, 2.05) is 26.0 Å². The number of aryl methyl sites for hydroxylation is 2. The molecule has 0 radical (unpaired) electrons. The Morgan fingerprint density at radius 2 is 1.95 bits per heavy atom. The van der Waals surface area contributed by atoms with Crippen LogP contribution in [0.5, 0.6) is 0 Å². The van der Waals surface area contributed by atoms with Crippen LogP contribution < -0.4 is 67.1 Å². The van der Waals surface area contributed by atoms with Crippen LogP contribution in [0.25, 0.3) is 10.2 Å². The van der Waals surface area contributed by atoms with Gasteiger partial charge in [0.25, 0.3) is 0 Å². The van der Waals surface area contributed by atoms with Crippen molar-refractivity contribution in [3.8, 4) is 0 Å². The summed E-state index contributed by atoms with van der Waals surface area (Å²) < 4.78 is 0.971. The molecule has 0 aliphatic heterocycles. The van der Waals surface area contributed by atoms with E-state index in [9.17, 15) is 14.7 Å². The van der Waals surface area contributed by atoms with Crippen LogP contribution in [-0.2, 0) is 4.79 Å². The Bertz CT molecular complexity index is 618. The molecule has 2 amide bonds. The van der Waals surface area contributed by atoms with Gasteiger partial charge in [-0.05, 0) is 37.1 Å². The van der Waals surface area contributed by atoms with Crippen molar-refractivity contribution in [2.75, 3.05) is 11.9 Å². The standard InChI is InChI=1S/C12H13N3O3S.K/c1-6-3-8-9(4-7(6)2)19-12(14-8)15-11(18)13-5-10(16)17;/h3-4H,5H2,1-2H3,(H,16,17)(H2,13,14,15,18);/q;+1/p-1. The van der Waals surface area contributed by atoms with Crippen molar-refractivity contribution >= 4 is 38.7 Å². The number of carboxylic acids is 1. The third kappa shape index (κ3) is 4.50. The molecule has 0 unspecified atom stereocenters. The summed E-state index contributed by atoms with van der Waals surface area (Å²) in [5.74, 6) is -1.34. The maximum Gasteiger partial charge on any atom is 1.00 e. The Labute approximate surface area is 162 Å². The minimum absolute atomic E-state index is 0. The summed E-state index contributed by atoms with van der Waals surface area (Å²) in [6, 6.07) is 3.34. The first-order valence-corrected chi connectivity index (χ1v) is 6.40. The number of carbonyl (C=O) groups is 2. The fourth-order valence-corrected chi connectivity index (χ4v) is 2.47. The minimum Gasteiger partial charge on any atom is -0.548 e. The molecule has 1 aromatic carbocycles. The maximum atomic E-state index is 11.4. The Morgan fingerprint density at radius 3 is 2.60 bits per heavy atom. The Kier molecular flexibility index (Phi) is 6.56. The number of thiazole rings is 1. The Balaban J connectivity index is 0.00000200. The van der Waals surface area contributed by atoms with Crippen LogP contribution in [0.2, 0.25) is 0 Å². The van der Waals surface area contributed by atoms with Crippen molar-refractivity contribution in [2.24, 2.45) is 0 Å². The molecule has 6 nitrogen and oxygen atoms in total. The zero-order valence-corrected chi connectivity index (χ0v) is 15.4. The normalized spacial score (nSPS) is 9.90. The molecule has 0 atom stereocenters. The van der Waals surface area contributed by atoms with Gasteiger partial charge in [0.15, 0.2) is 5.13 Å². The molecular formula is C12H12KN3O3S. The molecule has 0 aliphatic carbocycles. The fourth-order valence-electron chi connectivity index (χ4n) is 1.53. The van der Waals surface area contributed by atoms with Crippen molar-refractivity contribution < 1.29 is 66.1 Å². The van der Waals surface area contributed by atoms with E-state index < -0.39 is 18.5 Å². The molecule has 2 aromatic rings. The number of hydrogen-bond donors (Lipinski definition) is 2. The first-order chi connectivity index (χ1) is 8.95. The van der Waals surface area contributed by atoms with Gasteiger partial charge >= 0.3 is 57.4 Å². The fraction of sp³-hybridized carbons (Fsp3) is 0.250. The van der Waals surface area contributed by atoms with E-state index in [1.54, 1.807) is 0 Å². The van der Waals surface area contributed by atoms with E-state index >= 15 is 0 Å². The van der Waals surface area contributed by atoms with Crippen molar-refractivity contribution in [3.63, 3.8) is 0 Å². The number of carboxylic acid groups (broad SMARTS) is 1. The van der Waals surface area contributed by atoms with Gasteiger partial charge < -0.3 is 15.2 Å². The van der Waals surface area contributed by atoms with Crippen LogP contribution >= 0.6 is 11.3 Å². The van der Waals surface area contributed by atoms with E-state index in [4.69, 9.17) is 0 Å². The van der Waals surface area contributed by atoms with Crippen LogP contribution in [0, 0.1) is 13.8 Å². The number of nitrogens with zero attached hydrogens (tertiary/aromatic N) is 1. The molecule has 0 aliphatic rings. The largest absolute Gasteiger partial charge is 1.00 e. The molecular weight excluding hydrogens is 305 g/mol. The minimum atomic E-state index is -1.34. The predicted octanol–water partition coefficient (Wildman–Crippen LogP) is -2.21. The third-order valence-corrected chi connectivity index (χ3v) is 3.55. The van der Waals surface area contributed by atoms with E-state index in [-0.39, 0.29) is 51.4 Å². The number of anilines is 1. The van der Waals surface area contributed by atoms with E-state index in [0.717, 1.165) is 21.3 Å². The zero-order valence-electron chi connectivity index (χ0n) is 11.4. The topological polar surface area (TPSA) is 94.2 Å². The molecule has 2 rings (SSSR count). The monoisotopic (exact) mass is 317 g/mol. The van der Waals surface area contributed by atoms with Crippen molar-refractivity contribution in [3.05, 3.63) is 23.3 Å². The first-order valence-electron chi connectivity index (χ1n) is 5.58. The first kappa shape index (κ1) is 17.5. The number of benzene rings is 1. The molecule has 1 aromatic heterocycles. The smallest absolute Gasteiger partial charge is 0.548 e. The van der Waals surface area contributed by atoms with Crippen LogP contribution in [0.15, 0.2) is 12.1 Å². The second-order valence-electron chi connectivity index (χ2n) is 4.10. The molecule has 0 bridgehead atoms. The van der Waals surface area contributed by atoms with Gasteiger partial charge in [0, 0.05) is 0 Å². The second kappa shape index (κ2) is 7.48. The molecule has 0 fully saturated rings. The second-order valence-corrected chi connectivity index (χ2v) is 5.13. The van der Waals surface area contributed by atoms with Crippen LogP contribution in [0.4, 0.5) is 9.93 Å². The number of urea groups is 1. The summed E-state index contributed by atoms with van der Waals surface area (Å²) in [6.45, 7) is 3.47. The number of nitrogens with one attached hydrogen (secondary N) is 2. The van der Waals surface area contributed by atoms with E-state index in [2.05, 4.69) is 15.6 Å². The number of fused-ring (bicyclic) bond motifs is 1. The summed E-state index contributed by atoms with van der Waals surface area (Å²) in [4.78, 5) is 25.9. The number of aromatic nitrogens is 1.